The van der Waals surface area contributed by atoms with E-state index >= 15 is 0 Å². The van der Waals surface area contributed by atoms with Crippen LogP contribution >= 0.6 is 0 Å². The van der Waals surface area contributed by atoms with Crippen molar-refractivity contribution in [1.29, 1.82) is 0 Å². The molecule has 0 saturated heterocycles. The fourth-order valence-electron chi connectivity index (χ4n) is 7.90. The molecule has 5 aromatic carbocycles. The second-order valence-corrected chi connectivity index (χ2v) is 14.3. The third-order valence-corrected chi connectivity index (χ3v) is 10.6. The van der Waals surface area contributed by atoms with Crippen LogP contribution in [0.5, 0.6) is 11.5 Å². The average molecular weight is 879 g/mol. The van der Waals surface area contributed by atoms with Gasteiger partial charge < -0.3 is 19.1 Å². The van der Waals surface area contributed by atoms with Crippen LogP contribution in [0.2, 0.25) is 0 Å². The average Bonchev–Trinajstić information content (AvgIpc) is 3.57. The van der Waals surface area contributed by atoms with E-state index in [2.05, 4.69) is 120 Å². The van der Waals surface area contributed by atoms with Crippen molar-refractivity contribution in [2.75, 3.05) is 9.80 Å². The molecule has 1 aliphatic carbocycles. The van der Waals surface area contributed by atoms with Crippen molar-refractivity contribution in [3.8, 4) is 17.3 Å². The molecule has 0 N–H and O–H groups in total. The number of nitrogens with zero attached hydrogens (tertiary/aromatic N) is 4. The molecule has 1 fully saturated rings. The Kier molecular flexibility index (Phi) is 9.83. The Morgan fingerprint density at radius 2 is 1.49 bits per heavy atom. The number of rotatable bonds is 7. The molecule has 9 rings (SSSR count). The van der Waals surface area contributed by atoms with Crippen LogP contribution in [0.15, 0.2) is 115 Å². The molecule has 7 heteroatoms. The molecule has 0 spiro atoms. The summed E-state index contributed by atoms with van der Waals surface area (Å²) in [6.45, 7) is 6.48. The molecule has 1 saturated carbocycles. The zero-order chi connectivity index (χ0) is 35.2. The van der Waals surface area contributed by atoms with Gasteiger partial charge in [0.25, 0.3) is 0 Å². The van der Waals surface area contributed by atoms with E-state index in [1.807, 2.05) is 30.5 Å². The molecule has 53 heavy (non-hydrogen) atoms. The smallest absolute Gasteiger partial charge is 0.135 e. The molecule has 0 unspecified atom stereocenters. The summed E-state index contributed by atoms with van der Waals surface area (Å²) in [6.07, 6.45) is 9.23. The summed E-state index contributed by atoms with van der Waals surface area (Å²) >= 11 is 0. The monoisotopic (exact) mass is 878 g/mol. The van der Waals surface area contributed by atoms with Crippen molar-refractivity contribution >= 4 is 44.6 Å². The fraction of sp³-hybridized carbons (Fsp3) is 0.217. The Bertz CT molecular complexity index is 2400. The van der Waals surface area contributed by atoms with Crippen molar-refractivity contribution < 1.29 is 30.2 Å². The number of aromatic nitrogens is 2. The van der Waals surface area contributed by atoms with E-state index in [9.17, 15) is 4.39 Å². The van der Waals surface area contributed by atoms with Gasteiger partial charge in [-0.05, 0) is 90.2 Å². The molecular weight excluding hydrogens is 839 g/mol. The largest absolute Gasteiger partial charge is 0.509 e. The summed E-state index contributed by atoms with van der Waals surface area (Å²) in [5.74, 6) is 2.71. The van der Waals surface area contributed by atoms with Gasteiger partial charge in [0, 0.05) is 61.3 Å². The Morgan fingerprint density at radius 3 is 2.26 bits per heavy atom. The van der Waals surface area contributed by atoms with Crippen molar-refractivity contribution in [2.45, 2.75) is 64.2 Å². The normalized spacial score (nSPS) is 14.8. The minimum absolute atomic E-state index is 0. The van der Waals surface area contributed by atoms with E-state index in [1.54, 1.807) is 0 Å². The minimum Gasteiger partial charge on any atom is -0.509 e. The van der Waals surface area contributed by atoms with Crippen molar-refractivity contribution in [2.24, 2.45) is 0 Å². The number of halogens is 1. The van der Waals surface area contributed by atoms with Crippen LogP contribution in [-0.2, 0) is 21.1 Å². The summed E-state index contributed by atoms with van der Waals surface area (Å²) in [5, 5.41) is 2.25. The first-order valence-electron chi connectivity index (χ1n) is 18.5. The molecule has 5 nitrogen and oxygen atoms in total. The van der Waals surface area contributed by atoms with Gasteiger partial charge >= 0.3 is 0 Å². The number of fused-ring (bicyclic) bond motifs is 4. The van der Waals surface area contributed by atoms with E-state index in [1.165, 1.54) is 48.9 Å². The van der Waals surface area contributed by atoms with Gasteiger partial charge in [-0.3, -0.25) is 0 Å². The SMILES string of the molecule is CC(C)c1ccnc(-n2c3[c-]c(Oc4[c-]c(N5[CH-]N(c6ccc(F)cc6)c6ccccc65)cc(C5CCCCCC5)c4)ccc3c3ccccc32)c1.[Pt]. The van der Waals surface area contributed by atoms with Gasteiger partial charge in [-0.15, -0.1) is 53.6 Å². The van der Waals surface area contributed by atoms with Crippen LogP contribution < -0.4 is 14.5 Å². The zero-order valence-corrected chi connectivity index (χ0v) is 32.1. The minimum atomic E-state index is -0.255. The Hall–Kier alpha value is -4.93. The maximum atomic E-state index is 13.9. The standard InChI is InChI=1S/C46H40FN4O.Pt/c1-31(2)33-23-24-48-46(27-33)51-42-14-8-7-13-40(42)41-22-21-38(29-45(41)51)52-39-26-34(32-11-5-3-4-6-12-32)25-37(28-39)50-30-49(36-19-17-35(47)18-20-36)43-15-9-10-16-44(43)50;/h7-10,13-27,30-32H,3-6,11-12H2,1-2H3;/q-3;. The van der Waals surface area contributed by atoms with Crippen LogP contribution in [0, 0.1) is 24.6 Å². The number of anilines is 4. The van der Waals surface area contributed by atoms with Crippen molar-refractivity contribution in [1.82, 2.24) is 9.55 Å². The Morgan fingerprint density at radius 1 is 0.755 bits per heavy atom. The molecule has 0 radical (unpaired) electrons. The predicted octanol–water partition coefficient (Wildman–Crippen LogP) is 12.7. The van der Waals surface area contributed by atoms with Crippen LogP contribution in [-0.4, -0.2) is 9.55 Å². The molecule has 3 heterocycles. The number of benzene rings is 5. The van der Waals surface area contributed by atoms with Gasteiger partial charge in [0.2, 0.25) is 0 Å². The first-order valence-corrected chi connectivity index (χ1v) is 18.5. The molecule has 2 aromatic heterocycles. The number of para-hydroxylation sites is 3. The van der Waals surface area contributed by atoms with Crippen molar-refractivity contribution in [3.63, 3.8) is 0 Å². The first kappa shape index (κ1) is 35.1. The molecule has 7 aromatic rings. The van der Waals surface area contributed by atoms with Crippen LogP contribution in [0.25, 0.3) is 27.6 Å². The van der Waals surface area contributed by atoms with Crippen LogP contribution in [0.3, 0.4) is 0 Å². The molecule has 2 aliphatic rings. The first-order chi connectivity index (χ1) is 25.5. The molecule has 270 valence electrons. The zero-order valence-electron chi connectivity index (χ0n) is 29.8. The quantitative estimate of drug-likeness (QED) is 0.118. The second-order valence-electron chi connectivity index (χ2n) is 14.3. The maximum absolute atomic E-state index is 13.9. The van der Waals surface area contributed by atoms with E-state index in [-0.39, 0.29) is 26.9 Å². The van der Waals surface area contributed by atoms with Gasteiger partial charge in [-0.2, -0.15) is 6.07 Å². The van der Waals surface area contributed by atoms with E-state index < -0.39 is 0 Å². The second kappa shape index (κ2) is 14.8. The predicted molar refractivity (Wildman–Crippen MR) is 209 cm³/mol. The van der Waals surface area contributed by atoms with Crippen LogP contribution in [0.4, 0.5) is 27.1 Å². The number of hydrogen-bond donors (Lipinski definition) is 0. The number of ether oxygens (including phenoxy) is 1. The molecule has 0 atom stereocenters. The van der Waals surface area contributed by atoms with E-state index in [0.717, 1.165) is 63.2 Å². The molecule has 0 bridgehead atoms. The maximum Gasteiger partial charge on any atom is 0.135 e. The topological polar surface area (TPSA) is 33.5 Å². The van der Waals surface area contributed by atoms with Gasteiger partial charge in [-0.25, -0.2) is 9.37 Å². The summed E-state index contributed by atoms with van der Waals surface area (Å²) in [6, 6.07) is 43.5. The Balaban J connectivity index is 0.00000400. The fourth-order valence-corrected chi connectivity index (χ4v) is 7.90. The van der Waals surface area contributed by atoms with Gasteiger partial charge in [0.15, 0.2) is 0 Å². The van der Waals surface area contributed by atoms with Gasteiger partial charge in [0.05, 0.1) is 0 Å². The summed E-state index contributed by atoms with van der Waals surface area (Å²) in [7, 11) is 0. The molecule has 1 aliphatic heterocycles. The number of pyridine rings is 1. The summed E-state index contributed by atoms with van der Waals surface area (Å²) in [4.78, 5) is 9.09. The molecule has 0 amide bonds. The van der Waals surface area contributed by atoms with Crippen LogP contribution in [0.1, 0.15) is 75.3 Å². The van der Waals surface area contributed by atoms with E-state index in [0.29, 0.717) is 23.3 Å². The number of hydrogen-bond acceptors (Lipinski definition) is 4. The summed E-state index contributed by atoms with van der Waals surface area (Å²) < 4.78 is 22.9. The summed E-state index contributed by atoms with van der Waals surface area (Å²) in [5.41, 5.74) is 8.34. The van der Waals surface area contributed by atoms with E-state index in [4.69, 9.17) is 9.72 Å². The third-order valence-electron chi connectivity index (χ3n) is 10.6. The molecular formula is C46H40FN4OPt-3. The third kappa shape index (κ3) is 6.74. The Labute approximate surface area is 325 Å². The van der Waals surface area contributed by atoms with Gasteiger partial charge in [0.1, 0.15) is 11.6 Å². The van der Waals surface area contributed by atoms with Gasteiger partial charge in [-0.1, -0.05) is 75.4 Å². The van der Waals surface area contributed by atoms with Crippen molar-refractivity contribution in [3.05, 3.63) is 151 Å².